The summed E-state index contributed by atoms with van der Waals surface area (Å²) < 4.78 is 13.4. The molecule has 1 aromatic carbocycles. The lowest BCUT2D eigenvalue weighted by Gasteiger charge is -2.18. The van der Waals surface area contributed by atoms with E-state index >= 15 is 0 Å². The van der Waals surface area contributed by atoms with Gasteiger partial charge < -0.3 is 4.74 Å². The first-order chi connectivity index (χ1) is 6.36. The number of aryl methyl sites for hydroxylation is 1. The van der Waals surface area contributed by atoms with Crippen LogP contribution in [0.5, 0.6) is 5.75 Å². The predicted molar refractivity (Wildman–Crippen MR) is 52.5 cm³/mol. The van der Waals surface area contributed by atoms with Gasteiger partial charge in [0.1, 0.15) is 21.6 Å². The largest absolute Gasteiger partial charge is 0.478 e. The van der Waals surface area contributed by atoms with Gasteiger partial charge in [0.05, 0.1) is 0 Å². The van der Waals surface area contributed by atoms with E-state index in [-0.39, 0.29) is 0 Å². The molecule has 0 radical (unpaired) electrons. The third kappa shape index (κ3) is 2.51. The Morgan fingerprint density at radius 2 is 2.23 bits per heavy atom. The van der Waals surface area contributed by atoms with Crippen molar-refractivity contribution in [2.45, 2.75) is 13.5 Å². The van der Waals surface area contributed by atoms with Crippen LogP contribution in [0.15, 0.2) is 18.2 Å². The van der Waals surface area contributed by atoms with Crippen LogP contribution in [0.3, 0.4) is 0 Å². The summed E-state index contributed by atoms with van der Waals surface area (Å²) in [5, 5.41) is 3.15. The molecule has 3 nitrogen and oxygen atoms in total. The Morgan fingerprint density at radius 1 is 1.46 bits per heavy atom. The molecule has 1 aliphatic rings. The fraction of sp³-hybridized carbons (Fsp3) is 0.333. The summed E-state index contributed by atoms with van der Waals surface area (Å²) in [5.74, 6) is 1.02. The smallest absolute Gasteiger partial charge is 0.139 e. The second-order valence-corrected chi connectivity index (χ2v) is 2.83. The van der Waals surface area contributed by atoms with Crippen molar-refractivity contribution in [1.29, 1.82) is 0 Å². The van der Waals surface area contributed by atoms with Crippen molar-refractivity contribution in [2.24, 2.45) is 0 Å². The zero-order valence-electron chi connectivity index (χ0n) is 7.46. The molecule has 0 spiro atoms. The van der Waals surface area contributed by atoms with Crippen LogP contribution in [-0.4, -0.2) is 6.73 Å². The maximum Gasteiger partial charge on any atom is 0.139 e. The van der Waals surface area contributed by atoms with Gasteiger partial charge in [0, 0.05) is 12.1 Å². The molecule has 0 aliphatic carbocycles. The minimum absolute atomic E-state index is 0.635. The van der Waals surface area contributed by atoms with E-state index in [9.17, 15) is 0 Å². The SMILES string of the molecule is Cc1ccc2c(c1)CNCO2.O=P. The molecular weight excluding hydrogens is 185 g/mol. The lowest BCUT2D eigenvalue weighted by atomic mass is 10.1. The third-order valence-corrected chi connectivity index (χ3v) is 1.86. The van der Waals surface area contributed by atoms with Gasteiger partial charge in [-0.1, -0.05) is 17.7 Å². The maximum atomic E-state index is 8.06. The minimum atomic E-state index is 0.635. The molecule has 0 saturated heterocycles. The highest BCUT2D eigenvalue weighted by atomic mass is 31.0. The Balaban J connectivity index is 0.000000396. The molecule has 13 heavy (non-hydrogen) atoms. The number of ether oxygens (including phenoxy) is 1. The number of benzene rings is 1. The van der Waals surface area contributed by atoms with Crippen molar-refractivity contribution in [2.75, 3.05) is 6.73 Å². The van der Waals surface area contributed by atoms with Gasteiger partial charge in [-0.2, -0.15) is 0 Å². The summed E-state index contributed by atoms with van der Waals surface area (Å²) in [6, 6.07) is 6.26. The molecule has 0 saturated carbocycles. The molecule has 0 fully saturated rings. The first-order valence-corrected chi connectivity index (χ1v) is 4.40. The molecule has 0 amide bonds. The van der Waals surface area contributed by atoms with Gasteiger partial charge >= 0.3 is 0 Å². The molecule has 0 aromatic heterocycles. The molecule has 4 heteroatoms. The average Bonchev–Trinajstić information content (AvgIpc) is 2.21. The molecule has 0 unspecified atom stereocenters. The van der Waals surface area contributed by atoms with E-state index in [1.165, 1.54) is 11.1 Å². The Morgan fingerprint density at radius 3 is 3.00 bits per heavy atom. The fourth-order valence-electron chi connectivity index (χ4n) is 1.30. The zero-order valence-corrected chi connectivity index (χ0v) is 8.46. The number of hydrogen-bond acceptors (Lipinski definition) is 3. The molecular formula is C9H12NO2P. The van der Waals surface area contributed by atoms with Crippen molar-refractivity contribution in [3.63, 3.8) is 0 Å². The van der Waals surface area contributed by atoms with Crippen molar-refractivity contribution in [3.8, 4) is 5.75 Å². The van der Waals surface area contributed by atoms with Gasteiger partial charge in [-0.15, -0.1) is 0 Å². The molecule has 0 bridgehead atoms. The van der Waals surface area contributed by atoms with Gasteiger partial charge in [0.25, 0.3) is 0 Å². The molecule has 2 rings (SSSR count). The first-order valence-electron chi connectivity index (χ1n) is 4.00. The second kappa shape index (κ2) is 4.95. The van der Waals surface area contributed by atoms with Crippen molar-refractivity contribution < 1.29 is 9.30 Å². The molecule has 0 atom stereocenters. The molecule has 1 heterocycles. The Hall–Kier alpha value is -0.920. The fourth-order valence-corrected chi connectivity index (χ4v) is 1.30. The molecule has 70 valence electrons. The van der Waals surface area contributed by atoms with Crippen LogP contribution in [0, 0.1) is 6.92 Å². The van der Waals surface area contributed by atoms with Gasteiger partial charge in [-0.3, -0.25) is 9.88 Å². The molecule has 1 aromatic rings. The lowest BCUT2D eigenvalue weighted by molar-refractivity contribution is 0.257. The van der Waals surface area contributed by atoms with Crippen LogP contribution in [0.25, 0.3) is 0 Å². The average molecular weight is 197 g/mol. The minimum Gasteiger partial charge on any atom is -0.478 e. The monoisotopic (exact) mass is 197 g/mol. The van der Waals surface area contributed by atoms with Crippen molar-refractivity contribution in [1.82, 2.24) is 5.32 Å². The first kappa shape index (κ1) is 10.2. The normalized spacial score (nSPS) is 13.3. The Kier molecular flexibility index (Phi) is 3.87. The highest BCUT2D eigenvalue weighted by Crippen LogP contribution is 2.21. The summed E-state index contributed by atoms with van der Waals surface area (Å²) in [7, 11) is 1.72. The standard InChI is InChI=1S/C9H11NO.HOP/c1-7-2-3-9-8(4-7)5-10-6-11-9;1-2/h2-4,10H,5-6H2,1H3;2H. The van der Waals surface area contributed by atoms with E-state index in [2.05, 4.69) is 24.4 Å². The maximum absolute atomic E-state index is 8.06. The summed E-state index contributed by atoms with van der Waals surface area (Å²) in [6.45, 7) is 3.65. The van der Waals surface area contributed by atoms with E-state index < -0.39 is 0 Å². The van der Waals surface area contributed by atoms with Crippen LogP contribution in [0.1, 0.15) is 11.1 Å². The van der Waals surface area contributed by atoms with E-state index in [0.717, 1.165) is 12.3 Å². The van der Waals surface area contributed by atoms with Crippen molar-refractivity contribution >= 4 is 9.12 Å². The van der Waals surface area contributed by atoms with Gasteiger partial charge in [-0.05, 0) is 13.0 Å². The third-order valence-electron chi connectivity index (χ3n) is 1.86. The topological polar surface area (TPSA) is 38.3 Å². The van der Waals surface area contributed by atoms with E-state index in [1.807, 2.05) is 6.07 Å². The molecule has 1 N–H and O–H groups in total. The zero-order chi connectivity index (χ0) is 9.68. The van der Waals surface area contributed by atoms with Crippen LogP contribution in [-0.2, 0) is 11.1 Å². The number of rotatable bonds is 0. The predicted octanol–water partition coefficient (Wildman–Crippen LogP) is 1.91. The second-order valence-electron chi connectivity index (χ2n) is 2.83. The van der Waals surface area contributed by atoms with Gasteiger partial charge in [-0.25, -0.2) is 0 Å². The van der Waals surface area contributed by atoms with E-state index in [0.29, 0.717) is 6.73 Å². The lowest BCUT2D eigenvalue weighted by Crippen LogP contribution is -2.25. The quantitative estimate of drug-likeness (QED) is 0.645. The number of nitrogens with one attached hydrogen (secondary N) is 1. The number of fused-ring (bicyclic) bond motifs is 1. The van der Waals surface area contributed by atoms with Gasteiger partial charge in [0.2, 0.25) is 0 Å². The Bertz CT molecular complexity index is 291. The van der Waals surface area contributed by atoms with Crippen LogP contribution >= 0.6 is 9.12 Å². The van der Waals surface area contributed by atoms with E-state index in [4.69, 9.17) is 9.30 Å². The highest BCUT2D eigenvalue weighted by Gasteiger charge is 2.07. The summed E-state index contributed by atoms with van der Waals surface area (Å²) in [5.41, 5.74) is 2.55. The van der Waals surface area contributed by atoms with Crippen LogP contribution in [0.2, 0.25) is 0 Å². The van der Waals surface area contributed by atoms with Gasteiger partial charge in [0.15, 0.2) is 0 Å². The van der Waals surface area contributed by atoms with Crippen LogP contribution < -0.4 is 10.1 Å². The van der Waals surface area contributed by atoms with Crippen molar-refractivity contribution in [3.05, 3.63) is 29.3 Å². The number of hydrogen-bond donors (Lipinski definition) is 1. The van der Waals surface area contributed by atoms with Crippen LogP contribution in [0.4, 0.5) is 0 Å². The summed E-state index contributed by atoms with van der Waals surface area (Å²) in [4.78, 5) is 0. The summed E-state index contributed by atoms with van der Waals surface area (Å²) in [6.07, 6.45) is 0. The summed E-state index contributed by atoms with van der Waals surface area (Å²) >= 11 is 0. The van der Waals surface area contributed by atoms with E-state index in [1.54, 1.807) is 9.12 Å². The Labute approximate surface area is 79.7 Å². The molecule has 1 aliphatic heterocycles. The highest BCUT2D eigenvalue weighted by molar-refractivity contribution is 7.00.